The number of benzene rings is 1. The SMILES string of the molecule is COC(=O)[C@@H](CCCCNC(=O)OC(C)(C)C)Nc1cc(C)c(F)c(C)c1. The predicted octanol–water partition coefficient (Wildman–Crippen LogP) is 4.09. The van der Waals surface area contributed by atoms with Gasteiger partial charge in [0.25, 0.3) is 0 Å². The highest BCUT2D eigenvalue weighted by Gasteiger charge is 2.20. The Hall–Kier alpha value is -2.31. The van der Waals surface area contributed by atoms with Crippen LogP contribution in [0.5, 0.6) is 0 Å². The average Bonchev–Trinajstić information content (AvgIpc) is 2.55. The smallest absolute Gasteiger partial charge is 0.407 e. The summed E-state index contributed by atoms with van der Waals surface area (Å²) in [6.45, 7) is 9.23. The Morgan fingerprint density at radius 3 is 2.26 bits per heavy atom. The Morgan fingerprint density at radius 1 is 1.15 bits per heavy atom. The number of hydrogen-bond donors (Lipinski definition) is 2. The van der Waals surface area contributed by atoms with Gasteiger partial charge in [-0.1, -0.05) is 0 Å². The fourth-order valence-electron chi connectivity index (χ4n) is 2.60. The number of anilines is 1. The van der Waals surface area contributed by atoms with Gasteiger partial charge in [-0.25, -0.2) is 14.0 Å². The number of alkyl carbamates (subject to hydrolysis) is 1. The van der Waals surface area contributed by atoms with E-state index >= 15 is 0 Å². The van der Waals surface area contributed by atoms with Crippen LogP contribution in [0.1, 0.15) is 51.2 Å². The number of nitrogens with one attached hydrogen (secondary N) is 2. The Bertz CT molecular complexity index is 633. The summed E-state index contributed by atoms with van der Waals surface area (Å²) in [5.41, 5.74) is 1.18. The maximum atomic E-state index is 13.8. The van der Waals surface area contributed by atoms with E-state index in [1.807, 2.05) is 0 Å². The van der Waals surface area contributed by atoms with Gasteiger partial charge in [0.05, 0.1) is 7.11 Å². The zero-order chi connectivity index (χ0) is 20.6. The first kappa shape index (κ1) is 22.7. The van der Waals surface area contributed by atoms with Crippen molar-refractivity contribution in [3.8, 4) is 0 Å². The molecule has 0 aromatic heterocycles. The van der Waals surface area contributed by atoms with Crippen molar-refractivity contribution in [1.82, 2.24) is 5.32 Å². The summed E-state index contributed by atoms with van der Waals surface area (Å²) in [5.74, 6) is -0.627. The van der Waals surface area contributed by atoms with Gasteiger partial charge in [0.15, 0.2) is 0 Å². The first-order valence-corrected chi connectivity index (χ1v) is 9.11. The molecule has 0 saturated carbocycles. The summed E-state index contributed by atoms with van der Waals surface area (Å²) in [6.07, 6.45) is 1.46. The molecule has 0 saturated heterocycles. The maximum absolute atomic E-state index is 13.8. The lowest BCUT2D eigenvalue weighted by Crippen LogP contribution is -2.33. The molecule has 0 aliphatic carbocycles. The summed E-state index contributed by atoms with van der Waals surface area (Å²) < 4.78 is 23.8. The Labute approximate surface area is 160 Å². The molecule has 0 unspecified atom stereocenters. The van der Waals surface area contributed by atoms with Crippen LogP contribution < -0.4 is 10.6 Å². The van der Waals surface area contributed by atoms with Crippen molar-refractivity contribution in [1.29, 1.82) is 0 Å². The Balaban J connectivity index is 2.52. The molecule has 0 bridgehead atoms. The van der Waals surface area contributed by atoms with Gasteiger partial charge in [-0.2, -0.15) is 0 Å². The Kier molecular flexibility index (Phi) is 8.53. The molecule has 2 N–H and O–H groups in total. The van der Waals surface area contributed by atoms with Gasteiger partial charge in [0, 0.05) is 12.2 Å². The molecule has 0 heterocycles. The van der Waals surface area contributed by atoms with Crippen LogP contribution in [0.25, 0.3) is 0 Å². The standard InChI is InChI=1S/C20H31FN2O4/c1-13-11-15(12-14(2)17(13)21)23-16(18(24)26-6)9-7-8-10-22-19(25)27-20(3,4)5/h11-12,16,23H,7-10H2,1-6H3,(H,22,25)/t16-/m1/s1. The lowest BCUT2D eigenvalue weighted by atomic mass is 10.1. The quantitative estimate of drug-likeness (QED) is 0.523. The molecule has 1 aromatic rings. The monoisotopic (exact) mass is 382 g/mol. The minimum Gasteiger partial charge on any atom is -0.467 e. The van der Waals surface area contributed by atoms with Crippen molar-refractivity contribution in [2.75, 3.05) is 19.0 Å². The van der Waals surface area contributed by atoms with Crippen molar-refractivity contribution in [3.05, 3.63) is 29.1 Å². The van der Waals surface area contributed by atoms with E-state index in [1.54, 1.807) is 46.8 Å². The number of esters is 1. The molecule has 6 nitrogen and oxygen atoms in total. The molecule has 1 rings (SSSR count). The van der Waals surface area contributed by atoms with Gasteiger partial charge in [0.2, 0.25) is 0 Å². The van der Waals surface area contributed by atoms with E-state index in [1.165, 1.54) is 7.11 Å². The van der Waals surface area contributed by atoms with Crippen LogP contribution in [0, 0.1) is 19.7 Å². The average molecular weight is 382 g/mol. The molecule has 27 heavy (non-hydrogen) atoms. The van der Waals surface area contributed by atoms with Gasteiger partial charge in [-0.05, 0) is 77.1 Å². The molecule has 0 aliphatic heterocycles. The third-order valence-corrected chi connectivity index (χ3v) is 3.85. The number of aryl methyl sites for hydroxylation is 2. The molecule has 0 spiro atoms. The minimum absolute atomic E-state index is 0.247. The molecule has 0 radical (unpaired) electrons. The predicted molar refractivity (Wildman–Crippen MR) is 103 cm³/mol. The summed E-state index contributed by atoms with van der Waals surface area (Å²) in [7, 11) is 1.34. The van der Waals surface area contributed by atoms with E-state index in [2.05, 4.69) is 10.6 Å². The molecular formula is C20H31FN2O4. The van der Waals surface area contributed by atoms with Crippen molar-refractivity contribution in [2.24, 2.45) is 0 Å². The zero-order valence-corrected chi connectivity index (χ0v) is 17.1. The summed E-state index contributed by atoms with van der Waals surface area (Å²) in [5, 5.41) is 5.80. The highest BCUT2D eigenvalue weighted by Crippen LogP contribution is 2.20. The third-order valence-electron chi connectivity index (χ3n) is 3.85. The molecule has 1 atom stereocenters. The second-order valence-electron chi connectivity index (χ2n) is 7.57. The lowest BCUT2D eigenvalue weighted by molar-refractivity contribution is -0.141. The van der Waals surface area contributed by atoms with Crippen LogP contribution in [0.3, 0.4) is 0 Å². The molecule has 0 fully saturated rings. The van der Waals surface area contributed by atoms with Crippen molar-refractivity contribution in [2.45, 2.75) is 65.5 Å². The van der Waals surface area contributed by atoms with Crippen LogP contribution in [0.15, 0.2) is 12.1 Å². The Morgan fingerprint density at radius 2 is 1.74 bits per heavy atom. The molecule has 1 amide bonds. The topological polar surface area (TPSA) is 76.7 Å². The lowest BCUT2D eigenvalue weighted by Gasteiger charge is -2.20. The number of methoxy groups -OCH3 is 1. The van der Waals surface area contributed by atoms with Crippen LogP contribution in [0.2, 0.25) is 0 Å². The fourth-order valence-corrected chi connectivity index (χ4v) is 2.60. The number of hydrogen-bond acceptors (Lipinski definition) is 5. The summed E-state index contributed by atoms with van der Waals surface area (Å²) in [6, 6.07) is 2.80. The van der Waals surface area contributed by atoms with Gasteiger partial charge in [-0.15, -0.1) is 0 Å². The number of amides is 1. The number of carbonyl (C=O) groups excluding carboxylic acids is 2. The van der Waals surface area contributed by atoms with E-state index < -0.39 is 17.7 Å². The van der Waals surface area contributed by atoms with Crippen molar-refractivity contribution < 1.29 is 23.5 Å². The van der Waals surface area contributed by atoms with Crippen LogP contribution in [-0.4, -0.2) is 37.4 Å². The molecule has 152 valence electrons. The fraction of sp³-hybridized carbons (Fsp3) is 0.600. The van der Waals surface area contributed by atoms with E-state index in [0.29, 0.717) is 42.6 Å². The van der Waals surface area contributed by atoms with Gasteiger partial charge in [-0.3, -0.25) is 0 Å². The number of rotatable bonds is 8. The molecular weight excluding hydrogens is 351 g/mol. The molecule has 0 aliphatic rings. The summed E-state index contributed by atoms with van der Waals surface area (Å²) >= 11 is 0. The normalized spacial score (nSPS) is 12.3. The number of ether oxygens (including phenoxy) is 2. The van der Waals surface area contributed by atoms with Crippen molar-refractivity contribution >= 4 is 17.7 Å². The highest BCUT2D eigenvalue weighted by atomic mass is 19.1. The maximum Gasteiger partial charge on any atom is 0.407 e. The van der Waals surface area contributed by atoms with E-state index in [9.17, 15) is 14.0 Å². The second kappa shape index (κ2) is 10.1. The first-order chi connectivity index (χ1) is 12.5. The van der Waals surface area contributed by atoms with E-state index in [4.69, 9.17) is 9.47 Å². The van der Waals surface area contributed by atoms with E-state index in [0.717, 1.165) is 0 Å². The zero-order valence-electron chi connectivity index (χ0n) is 17.1. The summed E-state index contributed by atoms with van der Waals surface area (Å²) in [4.78, 5) is 23.6. The van der Waals surface area contributed by atoms with Crippen LogP contribution in [0.4, 0.5) is 14.9 Å². The first-order valence-electron chi connectivity index (χ1n) is 9.11. The van der Waals surface area contributed by atoms with Crippen LogP contribution in [-0.2, 0) is 14.3 Å². The number of unbranched alkanes of at least 4 members (excludes halogenated alkanes) is 1. The largest absolute Gasteiger partial charge is 0.467 e. The van der Waals surface area contributed by atoms with E-state index in [-0.39, 0.29) is 11.8 Å². The van der Waals surface area contributed by atoms with Crippen molar-refractivity contribution in [3.63, 3.8) is 0 Å². The third kappa shape index (κ3) is 8.28. The molecule has 7 heteroatoms. The van der Waals surface area contributed by atoms with Gasteiger partial charge < -0.3 is 20.1 Å². The second-order valence-corrected chi connectivity index (χ2v) is 7.57. The minimum atomic E-state index is -0.541. The van der Waals surface area contributed by atoms with Gasteiger partial charge >= 0.3 is 12.1 Å². The molecule has 1 aromatic carbocycles. The van der Waals surface area contributed by atoms with Gasteiger partial charge in [0.1, 0.15) is 17.5 Å². The highest BCUT2D eigenvalue weighted by molar-refractivity contribution is 5.79. The number of halogens is 1. The number of carbonyl (C=O) groups is 2. The van der Waals surface area contributed by atoms with Crippen LogP contribution >= 0.6 is 0 Å².